The number of carbonyl (C=O) groups is 2. The molecule has 1 amide bonds. The van der Waals surface area contributed by atoms with Crippen LogP contribution in [-0.2, 0) is 14.3 Å². The van der Waals surface area contributed by atoms with Crippen molar-refractivity contribution in [1.82, 2.24) is 0 Å². The van der Waals surface area contributed by atoms with Gasteiger partial charge in [0.25, 0.3) is 0 Å². The summed E-state index contributed by atoms with van der Waals surface area (Å²) in [5.74, 6) is -0.168. The molecule has 0 fully saturated rings. The Morgan fingerprint density at radius 3 is 2.85 bits per heavy atom. The molecular formula is C20H16BrNO4. The number of carbonyl (C=O) groups excluding carboxylic acids is 2. The third-order valence-corrected chi connectivity index (χ3v) is 4.96. The SMILES string of the molecule is CCOC(=O)C1=C2Oc3ccccc3N2C(=O)C[C@@H]1c1cccc(Br)c1. The van der Waals surface area contributed by atoms with Crippen LogP contribution in [0, 0.1) is 0 Å². The Bertz CT molecular complexity index is 937. The fraction of sp³-hybridized carbons (Fsp3) is 0.200. The van der Waals surface area contributed by atoms with E-state index in [2.05, 4.69) is 15.9 Å². The smallest absolute Gasteiger partial charge is 0.340 e. The Kier molecular flexibility index (Phi) is 4.28. The van der Waals surface area contributed by atoms with Crippen molar-refractivity contribution in [2.24, 2.45) is 0 Å². The molecule has 0 N–H and O–H groups in total. The van der Waals surface area contributed by atoms with E-state index in [0.717, 1.165) is 10.0 Å². The molecule has 4 rings (SSSR count). The molecule has 2 aliphatic rings. The van der Waals surface area contributed by atoms with Gasteiger partial charge in [0.15, 0.2) is 5.75 Å². The predicted octanol–water partition coefficient (Wildman–Crippen LogP) is 4.14. The lowest BCUT2D eigenvalue weighted by atomic mass is 9.85. The highest BCUT2D eigenvalue weighted by Crippen LogP contribution is 2.47. The van der Waals surface area contributed by atoms with Gasteiger partial charge < -0.3 is 9.47 Å². The van der Waals surface area contributed by atoms with E-state index < -0.39 is 11.9 Å². The van der Waals surface area contributed by atoms with Crippen LogP contribution < -0.4 is 9.64 Å². The first-order valence-corrected chi connectivity index (χ1v) is 9.16. The third kappa shape index (κ3) is 2.70. The van der Waals surface area contributed by atoms with E-state index >= 15 is 0 Å². The van der Waals surface area contributed by atoms with E-state index in [-0.39, 0.29) is 24.8 Å². The number of nitrogens with zero attached hydrogens (tertiary/aromatic N) is 1. The molecule has 0 spiro atoms. The number of esters is 1. The van der Waals surface area contributed by atoms with Crippen LogP contribution in [0.15, 0.2) is 64.5 Å². The van der Waals surface area contributed by atoms with E-state index in [9.17, 15) is 9.59 Å². The normalized spacial score (nSPS) is 18.3. The highest BCUT2D eigenvalue weighted by Gasteiger charge is 2.44. The summed E-state index contributed by atoms with van der Waals surface area (Å²) in [5.41, 5.74) is 1.89. The summed E-state index contributed by atoms with van der Waals surface area (Å²) in [5, 5.41) is 0. The van der Waals surface area contributed by atoms with Gasteiger partial charge in [-0.15, -0.1) is 0 Å². The molecule has 26 heavy (non-hydrogen) atoms. The fourth-order valence-electron chi connectivity index (χ4n) is 3.37. The van der Waals surface area contributed by atoms with Crippen molar-refractivity contribution >= 4 is 33.5 Å². The van der Waals surface area contributed by atoms with Gasteiger partial charge in [-0.2, -0.15) is 0 Å². The second-order valence-corrected chi connectivity index (χ2v) is 6.97. The van der Waals surface area contributed by atoms with Gasteiger partial charge in [0.1, 0.15) is 5.57 Å². The molecule has 2 aromatic carbocycles. The van der Waals surface area contributed by atoms with Gasteiger partial charge in [-0.3, -0.25) is 4.79 Å². The number of rotatable bonds is 3. The van der Waals surface area contributed by atoms with Crippen LogP contribution in [0.2, 0.25) is 0 Å². The summed E-state index contributed by atoms with van der Waals surface area (Å²) >= 11 is 3.45. The van der Waals surface area contributed by atoms with Crippen LogP contribution in [0.4, 0.5) is 5.69 Å². The molecule has 2 heterocycles. The number of para-hydroxylation sites is 2. The summed E-state index contributed by atoms with van der Waals surface area (Å²) in [6, 6.07) is 14.9. The Labute approximate surface area is 159 Å². The quantitative estimate of drug-likeness (QED) is 0.709. The Balaban J connectivity index is 1.89. The molecule has 1 atom stereocenters. The van der Waals surface area contributed by atoms with Gasteiger partial charge in [-0.1, -0.05) is 40.2 Å². The summed E-state index contributed by atoms with van der Waals surface area (Å²) in [6.45, 7) is 2.01. The van der Waals surface area contributed by atoms with Crippen LogP contribution in [0.5, 0.6) is 5.75 Å². The van der Waals surface area contributed by atoms with Crippen molar-refractivity contribution in [3.8, 4) is 5.75 Å². The zero-order valence-electron chi connectivity index (χ0n) is 14.1. The number of hydrogen-bond acceptors (Lipinski definition) is 4. The van der Waals surface area contributed by atoms with E-state index in [1.54, 1.807) is 13.0 Å². The van der Waals surface area contributed by atoms with Gasteiger partial charge in [0.2, 0.25) is 11.8 Å². The monoisotopic (exact) mass is 413 g/mol. The van der Waals surface area contributed by atoms with Gasteiger partial charge in [-0.25, -0.2) is 9.69 Å². The number of amides is 1. The minimum Gasteiger partial charge on any atom is -0.462 e. The summed E-state index contributed by atoms with van der Waals surface area (Å²) in [6.07, 6.45) is 0.172. The topological polar surface area (TPSA) is 55.8 Å². The maximum absolute atomic E-state index is 12.9. The molecule has 132 valence electrons. The van der Waals surface area contributed by atoms with Crippen LogP contribution >= 0.6 is 15.9 Å². The zero-order chi connectivity index (χ0) is 18.3. The highest BCUT2D eigenvalue weighted by molar-refractivity contribution is 9.10. The molecule has 0 saturated heterocycles. The molecule has 0 saturated carbocycles. The number of benzene rings is 2. The van der Waals surface area contributed by atoms with Crippen molar-refractivity contribution in [1.29, 1.82) is 0 Å². The molecule has 0 radical (unpaired) electrons. The summed E-state index contributed by atoms with van der Waals surface area (Å²) in [7, 11) is 0. The lowest BCUT2D eigenvalue weighted by Gasteiger charge is -2.30. The second-order valence-electron chi connectivity index (χ2n) is 6.05. The minimum absolute atomic E-state index is 0.108. The van der Waals surface area contributed by atoms with E-state index in [1.165, 1.54) is 4.90 Å². The number of halogens is 1. The Morgan fingerprint density at radius 1 is 1.27 bits per heavy atom. The fourth-order valence-corrected chi connectivity index (χ4v) is 3.79. The lowest BCUT2D eigenvalue weighted by molar-refractivity contribution is -0.139. The van der Waals surface area contributed by atoms with Crippen LogP contribution in [0.3, 0.4) is 0 Å². The molecule has 2 aliphatic heterocycles. The number of ether oxygens (including phenoxy) is 2. The van der Waals surface area contributed by atoms with Crippen molar-refractivity contribution in [3.63, 3.8) is 0 Å². The van der Waals surface area contributed by atoms with Gasteiger partial charge in [0, 0.05) is 16.8 Å². The highest BCUT2D eigenvalue weighted by atomic mass is 79.9. The zero-order valence-corrected chi connectivity index (χ0v) is 15.7. The molecule has 0 unspecified atom stereocenters. The van der Waals surface area contributed by atoms with Crippen LogP contribution in [0.1, 0.15) is 24.8 Å². The largest absolute Gasteiger partial charge is 0.462 e. The third-order valence-electron chi connectivity index (χ3n) is 4.47. The lowest BCUT2D eigenvalue weighted by Crippen LogP contribution is -2.38. The second kappa shape index (κ2) is 6.61. The average Bonchev–Trinajstić information content (AvgIpc) is 3.01. The number of hydrogen-bond donors (Lipinski definition) is 0. The average molecular weight is 414 g/mol. The van der Waals surface area contributed by atoms with Crippen molar-refractivity contribution < 1.29 is 19.1 Å². The maximum Gasteiger partial charge on any atom is 0.340 e. The molecule has 0 bridgehead atoms. The van der Waals surface area contributed by atoms with Gasteiger partial charge in [-0.05, 0) is 36.8 Å². The molecule has 5 nitrogen and oxygen atoms in total. The van der Waals surface area contributed by atoms with Crippen molar-refractivity contribution in [3.05, 3.63) is 70.0 Å². The summed E-state index contributed by atoms with van der Waals surface area (Å²) in [4.78, 5) is 27.1. The molecule has 2 aromatic rings. The van der Waals surface area contributed by atoms with Crippen LogP contribution in [0.25, 0.3) is 0 Å². The molecule has 6 heteroatoms. The van der Waals surface area contributed by atoms with Crippen molar-refractivity contribution in [2.45, 2.75) is 19.3 Å². The first-order valence-electron chi connectivity index (χ1n) is 8.36. The van der Waals surface area contributed by atoms with E-state index in [1.807, 2.05) is 42.5 Å². The predicted molar refractivity (Wildman–Crippen MR) is 99.7 cm³/mol. The van der Waals surface area contributed by atoms with Crippen LogP contribution in [-0.4, -0.2) is 18.5 Å². The maximum atomic E-state index is 12.9. The summed E-state index contributed by atoms with van der Waals surface area (Å²) < 4.78 is 12.1. The number of anilines is 1. The van der Waals surface area contributed by atoms with E-state index in [4.69, 9.17) is 9.47 Å². The van der Waals surface area contributed by atoms with Crippen molar-refractivity contribution in [2.75, 3.05) is 11.5 Å². The molecule has 0 aromatic heterocycles. The molecule has 0 aliphatic carbocycles. The van der Waals surface area contributed by atoms with Gasteiger partial charge in [0.05, 0.1) is 12.3 Å². The Hall–Kier alpha value is -2.60. The molecular weight excluding hydrogens is 398 g/mol. The Morgan fingerprint density at radius 2 is 2.08 bits per heavy atom. The first-order chi connectivity index (χ1) is 12.6. The standard InChI is InChI=1S/C20H16BrNO4/c1-2-25-20(24)18-14(12-6-5-7-13(21)10-12)11-17(23)22-15-8-3-4-9-16(15)26-19(18)22/h3-10,14H,2,11H2,1H3/t14-/m1/s1. The van der Waals surface area contributed by atoms with Gasteiger partial charge >= 0.3 is 5.97 Å². The van der Waals surface area contributed by atoms with E-state index in [0.29, 0.717) is 17.0 Å². The minimum atomic E-state index is -0.460. The first kappa shape index (κ1) is 16.8. The number of fused-ring (bicyclic) bond motifs is 3.